The Kier molecular flexibility index (Phi) is 5.00. The maximum absolute atomic E-state index is 6.31. The number of hydrogen-bond acceptors (Lipinski definition) is 4. The number of ether oxygens (including phenoxy) is 3. The predicted molar refractivity (Wildman–Crippen MR) is 108 cm³/mol. The summed E-state index contributed by atoms with van der Waals surface area (Å²) in [6.45, 7) is 7.79. The Balaban J connectivity index is 1.84. The van der Waals surface area contributed by atoms with Crippen molar-refractivity contribution in [2.75, 3.05) is 25.6 Å². The molecular formula is C23H29NO3. The molecule has 2 aliphatic rings. The number of aryl methyl sites for hydroxylation is 2. The van der Waals surface area contributed by atoms with Gasteiger partial charge in [0, 0.05) is 29.3 Å². The summed E-state index contributed by atoms with van der Waals surface area (Å²) >= 11 is 0. The van der Waals surface area contributed by atoms with E-state index in [9.17, 15) is 0 Å². The van der Waals surface area contributed by atoms with Crippen molar-refractivity contribution in [3.63, 3.8) is 0 Å². The van der Waals surface area contributed by atoms with Crippen molar-refractivity contribution in [1.29, 1.82) is 0 Å². The van der Waals surface area contributed by atoms with Gasteiger partial charge in [0.05, 0.1) is 25.9 Å². The van der Waals surface area contributed by atoms with Gasteiger partial charge in [0.25, 0.3) is 0 Å². The number of para-hydroxylation sites is 1. The quantitative estimate of drug-likeness (QED) is 0.791. The van der Waals surface area contributed by atoms with Crippen LogP contribution in [0.25, 0.3) is 0 Å². The van der Waals surface area contributed by atoms with Crippen molar-refractivity contribution >= 4 is 5.69 Å². The molecule has 0 saturated carbocycles. The van der Waals surface area contributed by atoms with E-state index in [2.05, 4.69) is 43.4 Å². The molecule has 3 unspecified atom stereocenters. The van der Waals surface area contributed by atoms with Crippen LogP contribution < -0.4 is 14.8 Å². The normalized spacial score (nSPS) is 23.8. The second-order valence-corrected chi connectivity index (χ2v) is 7.58. The third-order valence-corrected chi connectivity index (χ3v) is 5.77. The molecule has 3 atom stereocenters. The molecule has 2 aromatic carbocycles. The minimum absolute atomic E-state index is 0.124. The molecule has 4 rings (SSSR count). The fourth-order valence-electron chi connectivity index (χ4n) is 4.70. The van der Waals surface area contributed by atoms with Crippen molar-refractivity contribution in [3.05, 3.63) is 52.6 Å². The number of benzene rings is 2. The van der Waals surface area contributed by atoms with E-state index in [0.29, 0.717) is 12.5 Å². The fraction of sp³-hybridized carbons (Fsp3) is 0.478. The topological polar surface area (TPSA) is 39.7 Å². The van der Waals surface area contributed by atoms with Gasteiger partial charge in [0.2, 0.25) is 0 Å². The van der Waals surface area contributed by atoms with E-state index in [1.165, 1.54) is 22.4 Å². The summed E-state index contributed by atoms with van der Waals surface area (Å²) < 4.78 is 17.9. The summed E-state index contributed by atoms with van der Waals surface area (Å²) in [5.74, 6) is 2.01. The van der Waals surface area contributed by atoms with Crippen molar-refractivity contribution in [2.45, 2.75) is 45.8 Å². The van der Waals surface area contributed by atoms with Crippen LogP contribution in [0.1, 0.15) is 54.2 Å². The van der Waals surface area contributed by atoms with Crippen LogP contribution in [0.4, 0.5) is 5.69 Å². The molecule has 27 heavy (non-hydrogen) atoms. The Morgan fingerprint density at radius 3 is 2.81 bits per heavy atom. The Morgan fingerprint density at radius 2 is 2.04 bits per heavy atom. The molecule has 1 N–H and O–H groups in total. The molecule has 0 aromatic heterocycles. The molecule has 2 heterocycles. The van der Waals surface area contributed by atoms with Crippen molar-refractivity contribution in [2.24, 2.45) is 5.92 Å². The minimum Gasteiger partial charge on any atom is -0.493 e. The van der Waals surface area contributed by atoms with Crippen LogP contribution >= 0.6 is 0 Å². The molecule has 0 spiro atoms. The lowest BCUT2D eigenvalue weighted by atomic mass is 9.76. The largest absolute Gasteiger partial charge is 0.493 e. The van der Waals surface area contributed by atoms with Gasteiger partial charge in [-0.3, -0.25) is 0 Å². The number of nitrogens with one attached hydrogen (secondary N) is 1. The minimum atomic E-state index is 0.124. The summed E-state index contributed by atoms with van der Waals surface area (Å²) in [6, 6.07) is 10.8. The van der Waals surface area contributed by atoms with E-state index in [0.717, 1.165) is 36.5 Å². The maximum Gasteiger partial charge on any atom is 0.166 e. The zero-order chi connectivity index (χ0) is 19.0. The van der Waals surface area contributed by atoms with E-state index in [-0.39, 0.29) is 12.1 Å². The third kappa shape index (κ3) is 3.16. The van der Waals surface area contributed by atoms with Crippen LogP contribution in [-0.2, 0) is 4.74 Å². The summed E-state index contributed by atoms with van der Waals surface area (Å²) in [5.41, 5.74) is 6.22. The third-order valence-electron chi connectivity index (χ3n) is 5.77. The van der Waals surface area contributed by atoms with Gasteiger partial charge < -0.3 is 19.5 Å². The lowest BCUT2D eigenvalue weighted by molar-refractivity contribution is -0.0384. The summed E-state index contributed by atoms with van der Waals surface area (Å²) in [5, 5.41) is 3.84. The zero-order valence-corrected chi connectivity index (χ0v) is 16.7. The van der Waals surface area contributed by atoms with Gasteiger partial charge in [-0.15, -0.1) is 0 Å². The summed E-state index contributed by atoms with van der Waals surface area (Å²) in [7, 11) is 1.70. The average molecular weight is 367 g/mol. The van der Waals surface area contributed by atoms with Gasteiger partial charge in [-0.25, -0.2) is 0 Å². The lowest BCUT2D eigenvalue weighted by Gasteiger charge is -2.44. The second kappa shape index (κ2) is 7.43. The summed E-state index contributed by atoms with van der Waals surface area (Å²) in [6.07, 6.45) is 2.35. The highest BCUT2D eigenvalue weighted by atomic mass is 16.5. The number of hydrogen-bond donors (Lipinski definition) is 1. The highest BCUT2D eigenvalue weighted by molar-refractivity contribution is 5.64. The van der Waals surface area contributed by atoms with E-state index < -0.39 is 0 Å². The van der Waals surface area contributed by atoms with Crippen LogP contribution in [-0.4, -0.2) is 20.3 Å². The van der Waals surface area contributed by atoms with Gasteiger partial charge >= 0.3 is 0 Å². The van der Waals surface area contributed by atoms with E-state index in [1.54, 1.807) is 7.11 Å². The van der Waals surface area contributed by atoms with E-state index in [4.69, 9.17) is 14.2 Å². The monoisotopic (exact) mass is 367 g/mol. The second-order valence-electron chi connectivity index (χ2n) is 7.58. The number of methoxy groups -OCH3 is 1. The summed E-state index contributed by atoms with van der Waals surface area (Å²) in [4.78, 5) is 0. The first-order chi connectivity index (χ1) is 13.1. The number of fused-ring (bicyclic) bond motifs is 3. The zero-order valence-electron chi connectivity index (χ0n) is 16.7. The van der Waals surface area contributed by atoms with Crippen molar-refractivity contribution < 1.29 is 14.2 Å². The predicted octanol–water partition coefficient (Wildman–Crippen LogP) is 5.35. The van der Waals surface area contributed by atoms with Gasteiger partial charge in [-0.1, -0.05) is 29.8 Å². The van der Waals surface area contributed by atoms with Gasteiger partial charge in [0.15, 0.2) is 11.5 Å². The van der Waals surface area contributed by atoms with Crippen molar-refractivity contribution in [3.8, 4) is 11.5 Å². The van der Waals surface area contributed by atoms with Crippen LogP contribution in [0.3, 0.4) is 0 Å². The molecule has 1 saturated heterocycles. The van der Waals surface area contributed by atoms with Crippen LogP contribution in [0.5, 0.6) is 11.5 Å². The molecule has 4 heteroatoms. The lowest BCUT2D eigenvalue weighted by Crippen LogP contribution is -2.36. The Hall–Kier alpha value is -2.20. The molecule has 0 aliphatic carbocycles. The van der Waals surface area contributed by atoms with Crippen LogP contribution in [0, 0.1) is 19.8 Å². The van der Waals surface area contributed by atoms with Crippen LogP contribution in [0.15, 0.2) is 30.3 Å². The first-order valence-electron chi connectivity index (χ1n) is 9.93. The number of rotatable bonds is 4. The molecule has 0 bridgehead atoms. The first-order valence-corrected chi connectivity index (χ1v) is 9.93. The molecule has 2 aliphatic heterocycles. The van der Waals surface area contributed by atoms with E-state index >= 15 is 0 Å². The Labute approximate surface area is 161 Å². The first kappa shape index (κ1) is 18.2. The van der Waals surface area contributed by atoms with Gasteiger partial charge in [-0.05, 0) is 45.2 Å². The fourth-order valence-corrected chi connectivity index (χ4v) is 4.70. The standard InChI is InChI=1S/C23H29NO3/c1-5-26-23-17(8-6-10-19(23)25-4)21-16-9-7-11-27-22(16)18-13-14(2)12-15(3)20(18)24-21/h6,8,10,12-13,16,21-22,24H,5,7,9,11H2,1-4H3. The molecule has 2 aromatic rings. The van der Waals surface area contributed by atoms with Crippen LogP contribution in [0.2, 0.25) is 0 Å². The number of anilines is 1. The average Bonchev–Trinajstić information content (AvgIpc) is 2.68. The Bertz CT molecular complexity index is 833. The molecule has 4 nitrogen and oxygen atoms in total. The molecule has 1 fully saturated rings. The highest BCUT2D eigenvalue weighted by Crippen LogP contribution is 2.52. The SMILES string of the molecule is CCOc1c(OC)cccc1C1Nc2c(C)cc(C)cc2C2OCCCC12. The molecule has 0 radical (unpaired) electrons. The maximum atomic E-state index is 6.31. The van der Waals surface area contributed by atoms with E-state index in [1.807, 2.05) is 13.0 Å². The van der Waals surface area contributed by atoms with Gasteiger partial charge in [0.1, 0.15) is 0 Å². The Morgan fingerprint density at radius 1 is 1.19 bits per heavy atom. The highest BCUT2D eigenvalue weighted by Gasteiger charge is 2.41. The van der Waals surface area contributed by atoms with Crippen molar-refractivity contribution in [1.82, 2.24) is 0 Å². The van der Waals surface area contributed by atoms with Gasteiger partial charge in [-0.2, -0.15) is 0 Å². The molecule has 0 amide bonds. The molecule has 144 valence electrons. The molecular weight excluding hydrogens is 338 g/mol. The smallest absolute Gasteiger partial charge is 0.166 e.